The lowest BCUT2D eigenvalue weighted by molar-refractivity contribution is -0.138. The van der Waals surface area contributed by atoms with E-state index in [1.807, 2.05) is 73.1 Å². The molecule has 0 aliphatic rings. The first kappa shape index (κ1) is 92.5. The molecule has 0 saturated carbocycles. The molecule has 0 radical (unpaired) electrons. The minimum Gasteiger partial charge on any atom is -0.384 e. The maximum Gasteiger partial charge on any atom is 0.416 e. The van der Waals surface area contributed by atoms with E-state index >= 15 is 0 Å². The molecular weight excluding hydrogens is 1590 g/mol. The summed E-state index contributed by atoms with van der Waals surface area (Å²) in [6.07, 6.45) is 6.63. The number of alkyl halides is 12. The molecule has 120 heavy (non-hydrogen) atoms. The van der Waals surface area contributed by atoms with Crippen molar-refractivity contribution in [1.29, 1.82) is 0 Å². The fraction of sp³-hybridized carbons (Fsp3) is 0.187. The Bertz CT molecular complexity index is 5920. The van der Waals surface area contributed by atoms with Crippen LogP contribution in [0.2, 0.25) is 5.15 Å². The minimum absolute atomic E-state index is 0. The van der Waals surface area contributed by atoms with Crippen molar-refractivity contribution in [3.05, 3.63) is 380 Å². The maximum atomic E-state index is 12.7. The van der Waals surface area contributed by atoms with Crippen LogP contribution in [0.5, 0.6) is 0 Å². The number of carbonyl (C=O) groups excluding carboxylic acids is 2. The molecule has 0 amide bonds. The number of aliphatic hydroxyl groups is 1. The number of carbonyl (C=O) groups is 2. The molecule has 0 bridgehead atoms. The molecule has 622 valence electrons. The Morgan fingerprint density at radius 2 is 0.700 bits per heavy atom. The van der Waals surface area contributed by atoms with Gasteiger partial charge in [-0.25, -0.2) is 24.9 Å². The molecule has 16 nitrogen and oxygen atoms in total. The van der Waals surface area contributed by atoms with Gasteiger partial charge in [0.25, 0.3) is 0 Å². The summed E-state index contributed by atoms with van der Waals surface area (Å²) in [5, 5.41) is 14.6. The summed E-state index contributed by atoms with van der Waals surface area (Å²) in [5.74, 6) is -0.246. The Kier molecular flexibility index (Phi) is 31.9. The summed E-state index contributed by atoms with van der Waals surface area (Å²) in [6.45, 7) is 0.262. The number of aryl methyl sites for hydroxylation is 6. The number of H-pyrrole nitrogens is 4. The highest BCUT2D eigenvalue weighted by atomic mass is 35.5. The number of fused-ring (bicyclic) bond motifs is 4. The Labute approximate surface area is 688 Å². The van der Waals surface area contributed by atoms with Gasteiger partial charge in [-0.1, -0.05) is 102 Å². The average Bonchev–Trinajstić information content (AvgIpc) is 1.67. The second kappa shape index (κ2) is 41.4. The van der Waals surface area contributed by atoms with Gasteiger partial charge in [-0.15, -0.1) is 0 Å². The van der Waals surface area contributed by atoms with Crippen molar-refractivity contribution in [3.63, 3.8) is 0 Å². The third kappa shape index (κ3) is 24.3. The van der Waals surface area contributed by atoms with Crippen LogP contribution in [0.4, 0.5) is 52.7 Å². The smallest absolute Gasteiger partial charge is 0.384 e. The number of aromatic nitrogens is 12. The third-order valence-electron chi connectivity index (χ3n) is 18.6. The number of ketones is 2. The van der Waals surface area contributed by atoms with Crippen molar-refractivity contribution in [2.45, 2.75) is 112 Å². The van der Waals surface area contributed by atoms with Crippen LogP contribution >= 0.6 is 11.6 Å². The molecule has 0 aliphatic carbocycles. The Balaban J connectivity index is 0.000000190. The van der Waals surface area contributed by atoms with Gasteiger partial charge in [0, 0.05) is 159 Å². The van der Waals surface area contributed by atoms with E-state index in [1.165, 1.54) is 66.5 Å². The van der Waals surface area contributed by atoms with Crippen molar-refractivity contribution in [2.24, 2.45) is 5.73 Å². The molecule has 4 aromatic carbocycles. The standard InChI is InChI=1S/C22H18F3N3O.C22H16F3N3O.C22H18F3N3.C13H8ClN3O.C8H8F3N.4CH4/c2*23-22(24,25)16-7-3-14(4-8-16)5-9-17-10-6-15(12-27-17)20(29)19-13-28-21-18(19)2-1-11-26-21;23-22(24,25)18-7-3-15(4-8-18)5-9-19-10-6-16(13-27-19)12-17-14-28-21-20(17)2-1-11-26-21;14-11-4-3-8(6-16-11)12(18)10-7-17-13-9(10)2-1-5-15-13;9-8(10,11)7-3-1-6(5-12)2-4-7;;;;/h1-4,6-8,10-13,20,29H,5,9H2,(H,26,28);1-4,6-8,10-13H,5,9H2,(H,26,28);1-4,6-8,10-11,13-14H,5,9,12H2,(H,26,28);1-7H,(H,15,17);1-4H,5,12H2;4*1H4. The van der Waals surface area contributed by atoms with Gasteiger partial charge in [-0.3, -0.25) is 24.5 Å². The number of aromatic amines is 4. The average molecular weight is 1670 g/mol. The Hall–Kier alpha value is -13.1. The zero-order valence-electron chi connectivity index (χ0n) is 61.0. The van der Waals surface area contributed by atoms with Gasteiger partial charge in [0.1, 0.15) is 33.8 Å². The fourth-order valence-electron chi connectivity index (χ4n) is 12.3. The summed E-state index contributed by atoms with van der Waals surface area (Å²) in [6, 6.07) is 49.8. The monoisotopic (exact) mass is 1670 g/mol. The number of nitrogens with two attached hydrogens (primary N) is 1. The van der Waals surface area contributed by atoms with E-state index in [1.54, 1.807) is 86.0 Å². The second-order valence-corrected chi connectivity index (χ2v) is 26.8. The molecule has 0 aliphatic heterocycles. The molecule has 12 heterocycles. The number of aliphatic hydroxyl groups excluding tert-OH is 1. The molecule has 16 rings (SSSR count). The summed E-state index contributed by atoms with van der Waals surface area (Å²) in [5.41, 5.74) is 17.0. The van der Waals surface area contributed by atoms with E-state index in [2.05, 4.69) is 59.8 Å². The summed E-state index contributed by atoms with van der Waals surface area (Å²) >= 11 is 5.70. The molecule has 0 saturated heterocycles. The van der Waals surface area contributed by atoms with Crippen LogP contribution in [-0.4, -0.2) is 76.5 Å². The third-order valence-corrected chi connectivity index (χ3v) is 18.8. The van der Waals surface area contributed by atoms with Gasteiger partial charge in [-0.2, -0.15) is 52.7 Å². The summed E-state index contributed by atoms with van der Waals surface area (Å²) < 4.78 is 150. The first-order valence-corrected chi connectivity index (χ1v) is 36.2. The summed E-state index contributed by atoms with van der Waals surface area (Å²) in [4.78, 5) is 71.2. The van der Waals surface area contributed by atoms with Crippen LogP contribution in [0, 0.1) is 0 Å². The molecule has 0 fully saturated rings. The van der Waals surface area contributed by atoms with Crippen molar-refractivity contribution in [3.8, 4) is 0 Å². The highest BCUT2D eigenvalue weighted by molar-refractivity contribution is 6.29. The van der Waals surface area contributed by atoms with Crippen LogP contribution in [0.1, 0.15) is 151 Å². The molecule has 1 unspecified atom stereocenters. The minimum atomic E-state index is -4.33. The van der Waals surface area contributed by atoms with Gasteiger partial charge in [0.2, 0.25) is 0 Å². The predicted molar refractivity (Wildman–Crippen MR) is 443 cm³/mol. The van der Waals surface area contributed by atoms with Crippen LogP contribution in [0.3, 0.4) is 0 Å². The van der Waals surface area contributed by atoms with Gasteiger partial charge < -0.3 is 30.8 Å². The lowest BCUT2D eigenvalue weighted by atomic mass is 10.0. The molecule has 29 heteroatoms. The lowest BCUT2D eigenvalue weighted by Gasteiger charge is -2.11. The normalized spacial score (nSPS) is 11.5. The molecule has 12 aromatic heterocycles. The van der Waals surface area contributed by atoms with Crippen molar-refractivity contribution in [1.82, 2.24) is 59.8 Å². The fourth-order valence-corrected chi connectivity index (χ4v) is 12.4. The molecule has 16 aromatic rings. The van der Waals surface area contributed by atoms with Gasteiger partial charge in [0.05, 0.1) is 22.3 Å². The van der Waals surface area contributed by atoms with E-state index < -0.39 is 53.1 Å². The second-order valence-electron chi connectivity index (χ2n) is 26.4. The first-order chi connectivity index (χ1) is 55.6. The largest absolute Gasteiger partial charge is 0.416 e. The number of nitrogens with one attached hydrogen (secondary N) is 4. The number of hydrogen-bond donors (Lipinski definition) is 6. The van der Waals surface area contributed by atoms with E-state index in [9.17, 15) is 67.4 Å². The molecule has 7 N–H and O–H groups in total. The van der Waals surface area contributed by atoms with E-state index in [0.29, 0.717) is 94.0 Å². The van der Waals surface area contributed by atoms with Gasteiger partial charge in [0.15, 0.2) is 11.6 Å². The number of nitrogens with zero attached hydrogens (tertiary/aromatic N) is 8. The van der Waals surface area contributed by atoms with E-state index in [-0.39, 0.29) is 47.8 Å². The topological polar surface area (TPSA) is 247 Å². The highest BCUT2D eigenvalue weighted by Crippen LogP contribution is 2.34. The quantitative estimate of drug-likeness (QED) is 0.0267. The number of benzene rings is 4. The van der Waals surface area contributed by atoms with Crippen LogP contribution in [0.25, 0.3) is 44.1 Å². The maximum absolute atomic E-state index is 12.7. The van der Waals surface area contributed by atoms with Crippen molar-refractivity contribution in [2.75, 3.05) is 0 Å². The molecule has 0 spiro atoms. The number of halogens is 13. The Morgan fingerprint density at radius 3 is 1.07 bits per heavy atom. The zero-order chi connectivity index (χ0) is 82.2. The predicted octanol–water partition coefficient (Wildman–Crippen LogP) is 22.7. The van der Waals surface area contributed by atoms with Crippen molar-refractivity contribution >= 4 is 67.3 Å². The van der Waals surface area contributed by atoms with Gasteiger partial charge >= 0.3 is 24.7 Å². The van der Waals surface area contributed by atoms with E-state index in [4.69, 9.17) is 17.3 Å². The first-order valence-electron chi connectivity index (χ1n) is 35.9. The summed E-state index contributed by atoms with van der Waals surface area (Å²) in [7, 11) is 0. The van der Waals surface area contributed by atoms with Crippen LogP contribution < -0.4 is 5.73 Å². The van der Waals surface area contributed by atoms with Gasteiger partial charge in [-0.05, 0) is 205 Å². The van der Waals surface area contributed by atoms with Crippen LogP contribution in [-0.2, 0) is 76.2 Å². The van der Waals surface area contributed by atoms with Crippen molar-refractivity contribution < 1.29 is 67.4 Å². The molecule has 1 atom stereocenters. The number of hydrogen-bond acceptors (Lipinski definition) is 12. The number of pyridine rings is 8. The van der Waals surface area contributed by atoms with Crippen LogP contribution in [0.15, 0.2) is 268 Å². The number of rotatable bonds is 18. The zero-order valence-corrected chi connectivity index (χ0v) is 61.7. The Morgan fingerprint density at radius 1 is 0.358 bits per heavy atom. The van der Waals surface area contributed by atoms with E-state index in [0.717, 1.165) is 127 Å². The lowest BCUT2D eigenvalue weighted by Crippen LogP contribution is -2.05. The highest BCUT2D eigenvalue weighted by Gasteiger charge is 2.33. The molecular formula is C91H84ClF12N13O3. The SMILES string of the molecule is C.C.C.C.FC(F)(F)c1ccc(CCc2ccc(Cc3c[nH]c4ncccc34)cn2)cc1.NCc1ccc(C(F)(F)F)cc1.O=C(c1ccc(CCc2ccc(C(F)(F)F)cc2)nc1)c1c[nH]c2ncccc12.O=C(c1ccc(Cl)nc1)c1c[nH]c2ncccc12.OC(c1ccc(CCc2ccc(C(F)(F)F)cc2)nc1)c1c[nH]c2ncccc12.